The summed E-state index contributed by atoms with van der Waals surface area (Å²) in [5, 5.41) is 14.2. The van der Waals surface area contributed by atoms with Crippen LogP contribution in [-0.2, 0) is 22.4 Å². The van der Waals surface area contributed by atoms with Crippen LogP contribution in [-0.4, -0.2) is 22.0 Å². The molecule has 2 N–H and O–H groups in total. The van der Waals surface area contributed by atoms with Crippen LogP contribution in [0.1, 0.15) is 11.1 Å². The number of hydrogen-bond acceptors (Lipinski definition) is 5. The van der Waals surface area contributed by atoms with Crippen LogP contribution in [0, 0.1) is 0 Å². The Bertz CT molecular complexity index is 1400. The van der Waals surface area contributed by atoms with Crippen molar-refractivity contribution in [3.8, 4) is 22.9 Å². The van der Waals surface area contributed by atoms with Crippen LogP contribution in [0.2, 0.25) is 0 Å². The van der Waals surface area contributed by atoms with Crippen molar-refractivity contribution in [2.45, 2.75) is 12.8 Å². The van der Waals surface area contributed by atoms with Gasteiger partial charge in [-0.15, -0.1) is 10.2 Å². The topological polar surface area (TPSA) is 97.1 Å². The number of carbonyl (C=O) groups excluding carboxylic acids is 2. The molecular formula is C30H24N4O3. The van der Waals surface area contributed by atoms with Crippen molar-refractivity contribution in [3.05, 3.63) is 120 Å². The molecule has 7 heteroatoms. The summed E-state index contributed by atoms with van der Waals surface area (Å²) in [5.41, 5.74) is 4.53. The number of hydrogen-bond donors (Lipinski definition) is 2. The molecule has 0 unspecified atom stereocenters. The summed E-state index contributed by atoms with van der Waals surface area (Å²) in [6.45, 7) is 0. The molecule has 0 radical (unpaired) electrons. The largest absolute Gasteiger partial charge is 0.416 e. The second-order valence-electron chi connectivity index (χ2n) is 8.50. The molecule has 4 aromatic carbocycles. The Morgan fingerprint density at radius 2 is 1.00 bits per heavy atom. The van der Waals surface area contributed by atoms with Gasteiger partial charge in [0, 0.05) is 22.5 Å². The van der Waals surface area contributed by atoms with Crippen LogP contribution in [0.15, 0.2) is 114 Å². The first kappa shape index (κ1) is 23.7. The van der Waals surface area contributed by atoms with E-state index >= 15 is 0 Å². The lowest BCUT2D eigenvalue weighted by Crippen LogP contribution is -2.14. The lowest BCUT2D eigenvalue weighted by Gasteiger charge is -2.07. The summed E-state index contributed by atoms with van der Waals surface area (Å²) in [5.74, 6) is 0.432. The fourth-order valence-corrected chi connectivity index (χ4v) is 3.89. The van der Waals surface area contributed by atoms with Crippen LogP contribution in [0.25, 0.3) is 22.9 Å². The Morgan fingerprint density at radius 1 is 0.568 bits per heavy atom. The van der Waals surface area contributed by atoms with Crippen molar-refractivity contribution in [1.82, 2.24) is 10.2 Å². The molecule has 5 aromatic rings. The van der Waals surface area contributed by atoms with Gasteiger partial charge in [-0.05, 0) is 47.5 Å². The van der Waals surface area contributed by atoms with E-state index in [1.165, 1.54) is 0 Å². The summed E-state index contributed by atoms with van der Waals surface area (Å²) < 4.78 is 5.92. The molecule has 5 rings (SSSR count). The molecule has 0 fully saturated rings. The third kappa shape index (κ3) is 6.35. The van der Waals surface area contributed by atoms with Gasteiger partial charge >= 0.3 is 0 Å². The third-order valence-corrected chi connectivity index (χ3v) is 5.63. The zero-order valence-corrected chi connectivity index (χ0v) is 19.9. The second-order valence-corrected chi connectivity index (χ2v) is 8.50. The first-order valence-corrected chi connectivity index (χ1v) is 11.8. The minimum Gasteiger partial charge on any atom is -0.416 e. The van der Waals surface area contributed by atoms with Crippen molar-refractivity contribution in [2.75, 3.05) is 10.6 Å². The van der Waals surface area contributed by atoms with Gasteiger partial charge in [0.05, 0.1) is 12.8 Å². The highest BCUT2D eigenvalue weighted by Crippen LogP contribution is 2.27. The van der Waals surface area contributed by atoms with Crippen LogP contribution < -0.4 is 10.6 Å². The molecule has 2 amide bonds. The number of nitrogens with zero attached hydrogens (tertiary/aromatic N) is 2. The van der Waals surface area contributed by atoms with Gasteiger partial charge in [-0.3, -0.25) is 9.59 Å². The number of benzene rings is 4. The lowest BCUT2D eigenvalue weighted by atomic mass is 10.1. The minimum atomic E-state index is -0.110. The average molecular weight is 489 g/mol. The third-order valence-electron chi connectivity index (χ3n) is 5.63. The number of aromatic nitrogens is 2. The summed E-state index contributed by atoms with van der Waals surface area (Å²) in [4.78, 5) is 24.9. The molecular weight excluding hydrogens is 464 g/mol. The number of rotatable bonds is 8. The van der Waals surface area contributed by atoms with Crippen molar-refractivity contribution in [2.24, 2.45) is 0 Å². The molecule has 0 aliphatic heterocycles. The van der Waals surface area contributed by atoms with Crippen molar-refractivity contribution < 1.29 is 14.0 Å². The van der Waals surface area contributed by atoms with Crippen molar-refractivity contribution >= 4 is 23.2 Å². The van der Waals surface area contributed by atoms with Crippen LogP contribution in [0.4, 0.5) is 11.4 Å². The highest BCUT2D eigenvalue weighted by molar-refractivity contribution is 5.93. The SMILES string of the molecule is O=C(Cc1ccccc1)Nc1cccc(-c2nnc(-c3cccc(NC(=O)Cc4ccccc4)c3)o2)c1. The smallest absolute Gasteiger partial charge is 0.248 e. The Morgan fingerprint density at radius 3 is 1.43 bits per heavy atom. The summed E-state index contributed by atoms with van der Waals surface area (Å²) >= 11 is 0. The highest BCUT2D eigenvalue weighted by atomic mass is 16.4. The maximum atomic E-state index is 12.4. The van der Waals surface area contributed by atoms with E-state index in [2.05, 4.69) is 20.8 Å². The Kier molecular flexibility index (Phi) is 7.13. The maximum absolute atomic E-state index is 12.4. The van der Waals surface area contributed by atoms with Gasteiger partial charge in [0.15, 0.2) is 0 Å². The highest BCUT2D eigenvalue weighted by Gasteiger charge is 2.13. The Balaban J connectivity index is 1.26. The second kappa shape index (κ2) is 11.1. The van der Waals surface area contributed by atoms with Gasteiger partial charge in [0.25, 0.3) is 0 Å². The fraction of sp³-hybridized carbons (Fsp3) is 0.0667. The zero-order chi connectivity index (χ0) is 25.5. The maximum Gasteiger partial charge on any atom is 0.248 e. The molecule has 1 heterocycles. The van der Waals surface area contributed by atoms with Gasteiger partial charge in [0.2, 0.25) is 23.6 Å². The van der Waals surface area contributed by atoms with Crippen LogP contribution in [0.3, 0.4) is 0 Å². The van der Waals surface area contributed by atoms with E-state index in [9.17, 15) is 9.59 Å². The number of amides is 2. The van der Waals surface area contributed by atoms with Crippen molar-refractivity contribution in [1.29, 1.82) is 0 Å². The average Bonchev–Trinajstić information content (AvgIpc) is 3.41. The first-order valence-electron chi connectivity index (χ1n) is 11.8. The van der Waals surface area contributed by atoms with Crippen molar-refractivity contribution in [3.63, 3.8) is 0 Å². The summed E-state index contributed by atoms with van der Waals surface area (Å²) in [6, 6.07) is 33.7. The Labute approximate surface area is 214 Å². The molecule has 0 saturated heterocycles. The van der Waals surface area contributed by atoms with E-state index < -0.39 is 0 Å². The van der Waals surface area contributed by atoms with Crippen LogP contribution in [0.5, 0.6) is 0 Å². The molecule has 0 atom stereocenters. The molecule has 0 aliphatic carbocycles. The standard InChI is InChI=1S/C30H24N4O3/c35-27(17-21-9-3-1-4-10-21)31-25-15-7-13-23(19-25)29-33-34-30(37-29)24-14-8-16-26(20-24)32-28(36)18-22-11-5-2-6-12-22/h1-16,19-20H,17-18H2,(H,31,35)(H,32,36). The van der Waals surface area contributed by atoms with Gasteiger partial charge < -0.3 is 15.1 Å². The predicted octanol–water partition coefficient (Wildman–Crippen LogP) is 5.77. The molecule has 0 saturated carbocycles. The van der Waals surface area contributed by atoms with Gasteiger partial charge in [0.1, 0.15) is 0 Å². The normalized spacial score (nSPS) is 10.6. The molecule has 0 spiro atoms. The van der Waals surface area contributed by atoms with Gasteiger partial charge in [-0.2, -0.15) is 0 Å². The van der Waals surface area contributed by atoms with Gasteiger partial charge in [-0.25, -0.2) is 0 Å². The molecule has 0 bridgehead atoms. The Hall–Kier alpha value is -5.04. The van der Waals surface area contributed by atoms with Gasteiger partial charge in [-0.1, -0.05) is 72.8 Å². The lowest BCUT2D eigenvalue weighted by molar-refractivity contribution is -0.116. The van der Waals surface area contributed by atoms with E-state index in [4.69, 9.17) is 4.42 Å². The van der Waals surface area contributed by atoms with E-state index in [-0.39, 0.29) is 24.7 Å². The summed E-state index contributed by atoms with van der Waals surface area (Å²) in [6.07, 6.45) is 0.571. The molecule has 182 valence electrons. The molecule has 7 nitrogen and oxygen atoms in total. The van der Waals surface area contributed by atoms with Crippen LogP contribution >= 0.6 is 0 Å². The number of anilines is 2. The first-order chi connectivity index (χ1) is 18.1. The summed E-state index contributed by atoms with van der Waals surface area (Å²) in [7, 11) is 0. The van der Waals surface area contributed by atoms with E-state index in [0.29, 0.717) is 34.3 Å². The predicted molar refractivity (Wildman–Crippen MR) is 143 cm³/mol. The molecule has 0 aliphatic rings. The quantitative estimate of drug-likeness (QED) is 0.289. The molecule has 1 aromatic heterocycles. The number of nitrogens with one attached hydrogen (secondary N) is 2. The van der Waals surface area contributed by atoms with E-state index in [1.807, 2.05) is 97.1 Å². The van der Waals surface area contributed by atoms with E-state index in [1.54, 1.807) is 12.1 Å². The number of carbonyl (C=O) groups is 2. The minimum absolute atomic E-state index is 0.110. The molecule has 37 heavy (non-hydrogen) atoms. The van der Waals surface area contributed by atoms with E-state index in [0.717, 1.165) is 11.1 Å². The monoisotopic (exact) mass is 488 g/mol. The fourth-order valence-electron chi connectivity index (χ4n) is 3.89. The zero-order valence-electron chi connectivity index (χ0n) is 19.9.